The normalized spacial score (nSPS) is 16.3. The first kappa shape index (κ1) is 16.9. The maximum absolute atomic E-state index is 13.0. The molecule has 0 bridgehead atoms. The van der Waals surface area contributed by atoms with Crippen LogP contribution in [0.15, 0.2) is 48.8 Å². The molecule has 1 aliphatic rings. The summed E-state index contributed by atoms with van der Waals surface area (Å²) < 4.78 is 1.79. The van der Waals surface area contributed by atoms with Crippen LogP contribution < -0.4 is 10.6 Å². The molecule has 0 atom stereocenters. The van der Waals surface area contributed by atoms with E-state index in [1.165, 1.54) is 11.3 Å². The Bertz CT molecular complexity index is 855. The largest absolute Gasteiger partial charge is 0.347 e. The van der Waals surface area contributed by atoms with Crippen LogP contribution in [0.25, 0.3) is 10.6 Å². The summed E-state index contributed by atoms with van der Waals surface area (Å²) >= 11 is 1.50. The SMILES string of the molecule is O=C(NCc1nnc(-c2ccccc2)s1)C1(n2cccn2)CCNCC1. The Labute approximate surface area is 155 Å². The van der Waals surface area contributed by atoms with Gasteiger partial charge in [0.1, 0.15) is 15.6 Å². The van der Waals surface area contributed by atoms with E-state index in [2.05, 4.69) is 25.9 Å². The molecule has 7 nitrogen and oxygen atoms in total. The fourth-order valence-corrected chi connectivity index (χ4v) is 4.05. The van der Waals surface area contributed by atoms with Gasteiger partial charge in [0, 0.05) is 18.0 Å². The van der Waals surface area contributed by atoms with Crippen LogP contribution in [0.2, 0.25) is 0 Å². The highest BCUT2D eigenvalue weighted by Gasteiger charge is 2.41. The molecule has 2 aromatic heterocycles. The van der Waals surface area contributed by atoms with Gasteiger partial charge in [-0.2, -0.15) is 5.10 Å². The van der Waals surface area contributed by atoms with Gasteiger partial charge >= 0.3 is 0 Å². The Morgan fingerprint density at radius 2 is 2.00 bits per heavy atom. The van der Waals surface area contributed by atoms with E-state index in [1.807, 2.05) is 42.6 Å². The fourth-order valence-electron chi connectivity index (χ4n) is 3.27. The van der Waals surface area contributed by atoms with Crippen LogP contribution in [0.4, 0.5) is 0 Å². The van der Waals surface area contributed by atoms with Crippen LogP contribution in [0.3, 0.4) is 0 Å². The summed E-state index contributed by atoms with van der Waals surface area (Å²) in [7, 11) is 0. The Kier molecular flexibility index (Phi) is 4.77. The van der Waals surface area contributed by atoms with Gasteiger partial charge < -0.3 is 10.6 Å². The molecule has 3 aromatic rings. The van der Waals surface area contributed by atoms with Crippen molar-refractivity contribution in [2.45, 2.75) is 24.9 Å². The third-order valence-corrected chi connectivity index (χ3v) is 5.66. The molecule has 0 saturated carbocycles. The zero-order chi connectivity index (χ0) is 17.8. The van der Waals surface area contributed by atoms with Gasteiger partial charge in [0.15, 0.2) is 0 Å². The molecule has 0 spiro atoms. The first-order chi connectivity index (χ1) is 12.8. The number of rotatable bonds is 5. The lowest BCUT2D eigenvalue weighted by Gasteiger charge is -2.36. The molecule has 0 unspecified atom stereocenters. The minimum atomic E-state index is -0.637. The molecule has 134 valence electrons. The quantitative estimate of drug-likeness (QED) is 0.717. The fraction of sp³-hybridized carbons (Fsp3) is 0.333. The first-order valence-corrected chi connectivity index (χ1v) is 9.46. The number of piperidine rings is 1. The molecule has 2 N–H and O–H groups in total. The molecule has 1 aromatic carbocycles. The van der Waals surface area contributed by atoms with E-state index in [4.69, 9.17) is 0 Å². The van der Waals surface area contributed by atoms with Crippen molar-refractivity contribution in [1.29, 1.82) is 0 Å². The molecule has 4 rings (SSSR count). The lowest BCUT2D eigenvalue weighted by atomic mass is 9.87. The predicted molar refractivity (Wildman–Crippen MR) is 99.5 cm³/mol. The zero-order valence-electron chi connectivity index (χ0n) is 14.3. The van der Waals surface area contributed by atoms with Crippen molar-refractivity contribution in [3.05, 3.63) is 53.8 Å². The molecular weight excluding hydrogens is 348 g/mol. The molecule has 8 heteroatoms. The lowest BCUT2D eigenvalue weighted by molar-refractivity contribution is -0.132. The number of carbonyl (C=O) groups excluding carboxylic acids is 1. The van der Waals surface area contributed by atoms with Crippen LogP contribution in [0.1, 0.15) is 17.8 Å². The topological polar surface area (TPSA) is 84.7 Å². The minimum absolute atomic E-state index is 0.0147. The van der Waals surface area contributed by atoms with Crippen molar-refractivity contribution in [2.75, 3.05) is 13.1 Å². The van der Waals surface area contributed by atoms with Crippen molar-refractivity contribution in [2.24, 2.45) is 0 Å². The number of carbonyl (C=O) groups is 1. The van der Waals surface area contributed by atoms with Crippen LogP contribution in [-0.2, 0) is 16.9 Å². The van der Waals surface area contributed by atoms with Gasteiger partial charge in [-0.05, 0) is 32.0 Å². The highest BCUT2D eigenvalue weighted by atomic mass is 32.1. The summed E-state index contributed by atoms with van der Waals surface area (Å²) in [6.45, 7) is 1.97. The molecule has 1 saturated heterocycles. The second kappa shape index (κ2) is 7.35. The van der Waals surface area contributed by atoms with E-state index in [1.54, 1.807) is 10.9 Å². The van der Waals surface area contributed by atoms with E-state index < -0.39 is 5.54 Å². The summed E-state index contributed by atoms with van der Waals surface area (Å²) in [5, 5.41) is 20.8. The molecule has 1 fully saturated rings. The molecule has 3 heterocycles. The van der Waals surface area contributed by atoms with Crippen molar-refractivity contribution in [3.63, 3.8) is 0 Å². The summed E-state index contributed by atoms with van der Waals surface area (Å²) in [5.41, 5.74) is 0.399. The number of nitrogens with zero attached hydrogens (tertiary/aromatic N) is 4. The standard InChI is InChI=1S/C18H20N6OS/c25-17(18(7-10-19-11-8-18)24-12-4-9-21-24)20-13-15-22-23-16(26-15)14-5-2-1-3-6-14/h1-6,9,12,19H,7-8,10-11,13H2,(H,20,25). The summed E-state index contributed by atoms with van der Waals surface area (Å²) in [6.07, 6.45) is 5.01. The summed E-state index contributed by atoms with van der Waals surface area (Å²) in [6, 6.07) is 11.8. The second-order valence-corrected chi connectivity index (χ2v) is 7.34. The van der Waals surface area contributed by atoms with Gasteiger partial charge in [0.2, 0.25) is 5.91 Å². The smallest absolute Gasteiger partial charge is 0.248 e. The van der Waals surface area contributed by atoms with E-state index >= 15 is 0 Å². The van der Waals surface area contributed by atoms with Gasteiger partial charge in [-0.15, -0.1) is 10.2 Å². The number of benzene rings is 1. The number of amides is 1. The maximum atomic E-state index is 13.0. The number of hydrogen-bond acceptors (Lipinski definition) is 6. The van der Waals surface area contributed by atoms with E-state index in [0.717, 1.165) is 28.7 Å². The Morgan fingerprint density at radius 1 is 1.19 bits per heavy atom. The third-order valence-electron chi connectivity index (χ3n) is 4.68. The average Bonchev–Trinajstić information content (AvgIpc) is 3.39. The highest BCUT2D eigenvalue weighted by molar-refractivity contribution is 7.14. The number of nitrogens with one attached hydrogen (secondary N) is 2. The average molecular weight is 368 g/mol. The van der Waals surface area contributed by atoms with Gasteiger partial charge in [0.05, 0.1) is 6.54 Å². The Balaban J connectivity index is 1.47. The molecule has 1 aliphatic heterocycles. The monoisotopic (exact) mass is 368 g/mol. The summed E-state index contributed by atoms with van der Waals surface area (Å²) in [5.74, 6) is -0.0147. The Hall–Kier alpha value is -2.58. The van der Waals surface area contributed by atoms with Crippen LogP contribution in [-0.4, -0.2) is 39.0 Å². The summed E-state index contributed by atoms with van der Waals surface area (Å²) in [4.78, 5) is 13.0. The molecule has 1 amide bonds. The van der Waals surface area contributed by atoms with E-state index in [-0.39, 0.29) is 5.91 Å². The van der Waals surface area contributed by atoms with E-state index in [9.17, 15) is 4.79 Å². The van der Waals surface area contributed by atoms with Gasteiger partial charge in [-0.1, -0.05) is 41.7 Å². The molecule has 0 aliphatic carbocycles. The van der Waals surface area contributed by atoms with E-state index in [0.29, 0.717) is 19.4 Å². The van der Waals surface area contributed by atoms with Crippen molar-refractivity contribution in [1.82, 2.24) is 30.6 Å². The highest BCUT2D eigenvalue weighted by Crippen LogP contribution is 2.28. The van der Waals surface area contributed by atoms with Gasteiger partial charge in [-0.25, -0.2) is 0 Å². The van der Waals surface area contributed by atoms with Crippen LogP contribution >= 0.6 is 11.3 Å². The molecule has 0 radical (unpaired) electrons. The lowest BCUT2D eigenvalue weighted by Crippen LogP contribution is -2.54. The number of hydrogen-bond donors (Lipinski definition) is 2. The second-order valence-electron chi connectivity index (χ2n) is 6.28. The third kappa shape index (κ3) is 3.25. The molecular formula is C18H20N6OS. The minimum Gasteiger partial charge on any atom is -0.347 e. The predicted octanol–water partition coefficient (Wildman–Crippen LogP) is 1.80. The van der Waals surface area contributed by atoms with Crippen molar-refractivity contribution >= 4 is 17.2 Å². The molecule has 26 heavy (non-hydrogen) atoms. The number of aromatic nitrogens is 4. The van der Waals surface area contributed by atoms with Crippen LogP contribution in [0, 0.1) is 0 Å². The van der Waals surface area contributed by atoms with Crippen molar-refractivity contribution < 1.29 is 4.79 Å². The zero-order valence-corrected chi connectivity index (χ0v) is 15.1. The van der Waals surface area contributed by atoms with Crippen molar-refractivity contribution in [3.8, 4) is 10.6 Å². The Morgan fingerprint density at radius 3 is 2.73 bits per heavy atom. The van der Waals surface area contributed by atoms with Gasteiger partial charge in [0.25, 0.3) is 0 Å². The van der Waals surface area contributed by atoms with Gasteiger partial charge in [-0.3, -0.25) is 9.48 Å². The first-order valence-electron chi connectivity index (χ1n) is 8.65. The maximum Gasteiger partial charge on any atom is 0.248 e. The van der Waals surface area contributed by atoms with Crippen LogP contribution in [0.5, 0.6) is 0 Å².